The first kappa shape index (κ1) is 11.6. The minimum Gasteiger partial charge on any atom is -0.312 e. The highest BCUT2D eigenvalue weighted by molar-refractivity contribution is 4.98. The Balaban J connectivity index is 2.13. The van der Waals surface area contributed by atoms with Crippen LogP contribution in [-0.4, -0.2) is 22.4 Å². The zero-order valence-corrected chi connectivity index (χ0v) is 10.4. The zero-order chi connectivity index (χ0) is 11.4. The molecule has 1 aliphatic rings. The van der Waals surface area contributed by atoms with Crippen LogP contribution in [0.15, 0.2) is 12.3 Å². The lowest BCUT2D eigenvalue weighted by atomic mass is 10.0. The summed E-state index contributed by atoms with van der Waals surface area (Å²) in [6, 6.07) is 3.26. The van der Waals surface area contributed by atoms with Gasteiger partial charge in [0.15, 0.2) is 0 Å². The lowest BCUT2D eigenvalue weighted by Crippen LogP contribution is -2.37. The van der Waals surface area contributed by atoms with Gasteiger partial charge in [-0.25, -0.2) is 0 Å². The molecule has 1 saturated carbocycles. The van der Waals surface area contributed by atoms with Gasteiger partial charge in [-0.3, -0.25) is 4.68 Å². The van der Waals surface area contributed by atoms with Crippen LogP contribution in [0.2, 0.25) is 0 Å². The average molecular weight is 221 g/mol. The molecular formula is C13H23N3. The van der Waals surface area contributed by atoms with Gasteiger partial charge in [0, 0.05) is 12.2 Å². The fourth-order valence-electron chi connectivity index (χ4n) is 2.72. The first-order chi connectivity index (χ1) is 7.81. The highest BCUT2D eigenvalue weighted by Gasteiger charge is 2.24. The summed E-state index contributed by atoms with van der Waals surface area (Å²) in [6.45, 7) is 5.31. The quantitative estimate of drug-likeness (QED) is 0.795. The molecule has 0 bridgehead atoms. The van der Waals surface area contributed by atoms with Crippen LogP contribution < -0.4 is 5.32 Å². The molecular weight excluding hydrogens is 198 g/mol. The van der Waals surface area contributed by atoms with Crippen molar-refractivity contribution in [2.75, 3.05) is 6.54 Å². The fraction of sp³-hybridized carbons (Fsp3) is 0.769. The largest absolute Gasteiger partial charge is 0.312 e. The fourth-order valence-corrected chi connectivity index (χ4v) is 2.72. The number of nitrogens with zero attached hydrogens (tertiary/aromatic N) is 2. The van der Waals surface area contributed by atoms with Crippen molar-refractivity contribution in [1.82, 2.24) is 15.1 Å². The second-order valence-corrected chi connectivity index (χ2v) is 4.81. The summed E-state index contributed by atoms with van der Waals surface area (Å²) < 4.78 is 2.17. The summed E-state index contributed by atoms with van der Waals surface area (Å²) in [4.78, 5) is 0. The lowest BCUT2D eigenvalue weighted by molar-refractivity contribution is 0.312. The zero-order valence-electron chi connectivity index (χ0n) is 10.4. The Labute approximate surface area is 98.2 Å². The van der Waals surface area contributed by atoms with Crippen molar-refractivity contribution in [3.05, 3.63) is 18.0 Å². The molecule has 0 amide bonds. The summed E-state index contributed by atoms with van der Waals surface area (Å²) in [5.41, 5.74) is 1.12. The van der Waals surface area contributed by atoms with Gasteiger partial charge in [0.05, 0.1) is 11.7 Å². The van der Waals surface area contributed by atoms with Gasteiger partial charge in [0.2, 0.25) is 0 Å². The van der Waals surface area contributed by atoms with Crippen LogP contribution in [0.4, 0.5) is 0 Å². The predicted octanol–water partition coefficient (Wildman–Crippen LogP) is 2.67. The minimum absolute atomic E-state index is 0.552. The minimum atomic E-state index is 0.552. The smallest absolute Gasteiger partial charge is 0.0672 e. The molecule has 1 N–H and O–H groups in total. The van der Waals surface area contributed by atoms with E-state index in [4.69, 9.17) is 0 Å². The monoisotopic (exact) mass is 221 g/mol. The van der Waals surface area contributed by atoms with Crippen LogP contribution in [0.1, 0.15) is 50.8 Å². The van der Waals surface area contributed by atoms with Gasteiger partial charge < -0.3 is 5.32 Å². The Bertz CT molecular complexity index is 319. The highest BCUT2D eigenvalue weighted by Crippen LogP contribution is 2.27. The highest BCUT2D eigenvalue weighted by atomic mass is 15.3. The topological polar surface area (TPSA) is 29.9 Å². The van der Waals surface area contributed by atoms with Crippen molar-refractivity contribution < 1.29 is 0 Å². The van der Waals surface area contributed by atoms with E-state index in [0.29, 0.717) is 12.1 Å². The van der Waals surface area contributed by atoms with Crippen molar-refractivity contribution in [3.8, 4) is 0 Å². The van der Waals surface area contributed by atoms with Gasteiger partial charge in [-0.05, 0) is 32.4 Å². The molecule has 1 aliphatic carbocycles. The number of hydrogen-bond acceptors (Lipinski definition) is 2. The summed E-state index contributed by atoms with van der Waals surface area (Å²) in [7, 11) is 0. The van der Waals surface area contributed by atoms with E-state index in [1.807, 2.05) is 0 Å². The number of aromatic nitrogens is 2. The normalized spacial score (nSPS) is 26.6. The molecule has 2 rings (SSSR count). The number of hydrogen-bond donors (Lipinski definition) is 1. The van der Waals surface area contributed by atoms with Gasteiger partial charge in [-0.1, -0.05) is 26.2 Å². The molecule has 1 aromatic heterocycles. The Morgan fingerprint density at radius 2 is 2.19 bits per heavy atom. The maximum atomic E-state index is 4.59. The lowest BCUT2D eigenvalue weighted by Gasteiger charge is -2.26. The van der Waals surface area contributed by atoms with E-state index < -0.39 is 0 Å². The summed E-state index contributed by atoms with van der Waals surface area (Å²) in [6.07, 6.45) is 8.75. The molecule has 0 spiro atoms. The molecule has 2 atom stereocenters. The molecule has 0 radical (unpaired) electrons. The number of rotatable bonds is 3. The third-order valence-corrected chi connectivity index (χ3v) is 3.53. The van der Waals surface area contributed by atoms with Gasteiger partial charge >= 0.3 is 0 Å². The van der Waals surface area contributed by atoms with Gasteiger partial charge in [0.1, 0.15) is 0 Å². The third-order valence-electron chi connectivity index (χ3n) is 3.53. The second-order valence-electron chi connectivity index (χ2n) is 4.81. The molecule has 1 fully saturated rings. The molecule has 1 heterocycles. The van der Waals surface area contributed by atoms with Gasteiger partial charge in [0.25, 0.3) is 0 Å². The van der Waals surface area contributed by atoms with E-state index in [9.17, 15) is 0 Å². The second kappa shape index (κ2) is 5.48. The summed E-state index contributed by atoms with van der Waals surface area (Å²) in [5, 5.41) is 8.21. The molecule has 0 aliphatic heterocycles. The van der Waals surface area contributed by atoms with E-state index in [-0.39, 0.29) is 0 Å². The van der Waals surface area contributed by atoms with Crippen LogP contribution in [0.3, 0.4) is 0 Å². The van der Waals surface area contributed by atoms with Crippen molar-refractivity contribution in [3.63, 3.8) is 0 Å². The number of nitrogens with one attached hydrogen (secondary N) is 1. The van der Waals surface area contributed by atoms with Crippen LogP contribution in [0.25, 0.3) is 0 Å². The Kier molecular flexibility index (Phi) is 3.99. The van der Waals surface area contributed by atoms with Crippen LogP contribution >= 0.6 is 0 Å². The average Bonchev–Trinajstić information content (AvgIpc) is 2.56. The van der Waals surface area contributed by atoms with Gasteiger partial charge in [-0.15, -0.1) is 0 Å². The molecule has 2 unspecified atom stereocenters. The molecule has 3 heteroatoms. The van der Waals surface area contributed by atoms with Crippen molar-refractivity contribution >= 4 is 0 Å². The SMILES string of the molecule is CCNC1CCCCCC1n1ccc(C)n1. The van der Waals surface area contributed by atoms with E-state index in [1.165, 1.54) is 32.1 Å². The molecule has 0 aromatic carbocycles. The van der Waals surface area contributed by atoms with Gasteiger partial charge in [-0.2, -0.15) is 5.10 Å². The first-order valence-electron chi connectivity index (χ1n) is 6.56. The maximum Gasteiger partial charge on any atom is 0.0672 e. The van der Waals surface area contributed by atoms with Crippen molar-refractivity contribution in [1.29, 1.82) is 0 Å². The standard InChI is InChI=1S/C13H23N3/c1-3-14-12-7-5-4-6-8-13(12)16-10-9-11(2)15-16/h9-10,12-14H,3-8H2,1-2H3. The molecule has 90 valence electrons. The molecule has 3 nitrogen and oxygen atoms in total. The van der Waals surface area contributed by atoms with Crippen LogP contribution in [0.5, 0.6) is 0 Å². The van der Waals surface area contributed by atoms with E-state index in [0.717, 1.165) is 12.2 Å². The first-order valence-corrected chi connectivity index (χ1v) is 6.56. The molecule has 16 heavy (non-hydrogen) atoms. The maximum absolute atomic E-state index is 4.59. The van der Waals surface area contributed by atoms with E-state index >= 15 is 0 Å². The van der Waals surface area contributed by atoms with E-state index in [2.05, 4.69) is 41.2 Å². The third kappa shape index (κ3) is 2.64. The van der Waals surface area contributed by atoms with Crippen LogP contribution in [-0.2, 0) is 0 Å². The number of likely N-dealkylation sites (N-methyl/N-ethyl adjacent to an activating group) is 1. The Morgan fingerprint density at radius 1 is 1.38 bits per heavy atom. The predicted molar refractivity (Wildman–Crippen MR) is 66.6 cm³/mol. The van der Waals surface area contributed by atoms with Crippen molar-refractivity contribution in [2.24, 2.45) is 0 Å². The Morgan fingerprint density at radius 3 is 2.88 bits per heavy atom. The summed E-state index contributed by atoms with van der Waals surface area (Å²) in [5.74, 6) is 0. The molecule has 0 saturated heterocycles. The summed E-state index contributed by atoms with van der Waals surface area (Å²) >= 11 is 0. The Hall–Kier alpha value is -0.830. The molecule has 1 aromatic rings. The van der Waals surface area contributed by atoms with E-state index in [1.54, 1.807) is 0 Å². The van der Waals surface area contributed by atoms with Crippen LogP contribution in [0, 0.1) is 6.92 Å². The number of aryl methyl sites for hydroxylation is 1. The van der Waals surface area contributed by atoms with Crippen molar-refractivity contribution in [2.45, 2.75) is 58.0 Å².